The van der Waals surface area contributed by atoms with Gasteiger partial charge in [0.1, 0.15) is 11.6 Å². The van der Waals surface area contributed by atoms with Crippen molar-refractivity contribution < 1.29 is 0 Å². The molecule has 1 aromatic heterocycles. The number of hydrogen-bond donors (Lipinski definition) is 0. The predicted octanol–water partition coefficient (Wildman–Crippen LogP) is 3.64. The van der Waals surface area contributed by atoms with Crippen LogP contribution in [0, 0.1) is 0 Å². The minimum absolute atomic E-state index is 0.368. The molecule has 0 bridgehead atoms. The summed E-state index contributed by atoms with van der Waals surface area (Å²) >= 11 is 0. The molecule has 0 unspecified atom stereocenters. The first-order valence-corrected chi connectivity index (χ1v) is 8.76. The highest BCUT2D eigenvalue weighted by Gasteiger charge is 2.23. The molecule has 1 aromatic rings. The largest absolute Gasteiger partial charge is 0.356 e. The molecule has 0 saturated carbocycles. The highest BCUT2D eigenvalue weighted by molar-refractivity contribution is 5.41. The number of anilines is 1. The van der Waals surface area contributed by atoms with E-state index < -0.39 is 0 Å². The average molecular weight is 304 g/mol. The standard InChI is InChI=1S/C18H32N4/c1-7-22-10-8-15(9-11-22)21(6)17-12-16(13(2)3)19-18(20-17)14(4)5/h12-15H,7-11H2,1-6H3. The molecule has 0 spiro atoms. The van der Waals surface area contributed by atoms with Crippen LogP contribution in [0.1, 0.15) is 70.8 Å². The molecular formula is C18H32N4. The second kappa shape index (κ2) is 7.40. The van der Waals surface area contributed by atoms with E-state index in [1.807, 2.05) is 0 Å². The molecule has 22 heavy (non-hydrogen) atoms. The van der Waals surface area contributed by atoms with Gasteiger partial charge in [0, 0.05) is 43.9 Å². The Bertz CT molecular complexity index is 450. The zero-order valence-electron chi connectivity index (χ0n) is 15.1. The van der Waals surface area contributed by atoms with Crippen LogP contribution in [0.5, 0.6) is 0 Å². The lowest BCUT2D eigenvalue weighted by molar-refractivity contribution is 0.220. The van der Waals surface area contributed by atoms with E-state index in [0.717, 1.165) is 17.3 Å². The fraction of sp³-hybridized carbons (Fsp3) is 0.778. The third-order valence-corrected chi connectivity index (χ3v) is 4.77. The molecule has 0 aliphatic carbocycles. The van der Waals surface area contributed by atoms with Crippen molar-refractivity contribution in [3.8, 4) is 0 Å². The van der Waals surface area contributed by atoms with Crippen molar-refractivity contribution in [2.45, 2.75) is 65.3 Å². The first-order chi connectivity index (χ1) is 10.4. The molecule has 0 amide bonds. The summed E-state index contributed by atoms with van der Waals surface area (Å²) in [5.74, 6) is 2.87. The topological polar surface area (TPSA) is 32.3 Å². The summed E-state index contributed by atoms with van der Waals surface area (Å²) in [5.41, 5.74) is 1.16. The van der Waals surface area contributed by atoms with Crippen molar-refractivity contribution >= 4 is 5.82 Å². The molecule has 1 aliphatic heterocycles. The van der Waals surface area contributed by atoms with Crippen molar-refractivity contribution in [3.05, 3.63) is 17.6 Å². The van der Waals surface area contributed by atoms with Gasteiger partial charge < -0.3 is 9.80 Å². The monoisotopic (exact) mass is 304 g/mol. The normalized spacial score (nSPS) is 17.5. The Labute approximate surface area is 135 Å². The first-order valence-electron chi connectivity index (χ1n) is 8.76. The van der Waals surface area contributed by atoms with Crippen LogP contribution in [0.2, 0.25) is 0 Å². The lowest BCUT2D eigenvalue weighted by atomic mass is 10.0. The van der Waals surface area contributed by atoms with E-state index in [9.17, 15) is 0 Å². The molecular weight excluding hydrogens is 272 g/mol. The van der Waals surface area contributed by atoms with E-state index in [-0.39, 0.29) is 0 Å². The Morgan fingerprint density at radius 3 is 2.27 bits per heavy atom. The quantitative estimate of drug-likeness (QED) is 0.831. The second-order valence-electron chi connectivity index (χ2n) is 7.09. The van der Waals surface area contributed by atoms with Crippen molar-refractivity contribution in [2.24, 2.45) is 0 Å². The number of rotatable bonds is 5. The molecule has 4 nitrogen and oxygen atoms in total. The zero-order chi connectivity index (χ0) is 16.3. The highest BCUT2D eigenvalue weighted by atomic mass is 15.2. The summed E-state index contributed by atoms with van der Waals surface area (Å²) in [5, 5.41) is 0. The van der Waals surface area contributed by atoms with Gasteiger partial charge in [-0.3, -0.25) is 0 Å². The molecule has 0 atom stereocenters. The summed E-state index contributed by atoms with van der Waals surface area (Å²) in [6, 6.07) is 2.78. The summed E-state index contributed by atoms with van der Waals surface area (Å²) in [6.45, 7) is 14.6. The molecule has 1 aliphatic rings. The maximum atomic E-state index is 4.83. The van der Waals surface area contributed by atoms with Gasteiger partial charge in [0.05, 0.1) is 0 Å². The Morgan fingerprint density at radius 2 is 1.77 bits per heavy atom. The van der Waals surface area contributed by atoms with Crippen LogP contribution in [0.4, 0.5) is 5.82 Å². The molecule has 2 rings (SSSR count). The molecule has 124 valence electrons. The number of likely N-dealkylation sites (tertiary alicyclic amines) is 1. The number of aromatic nitrogens is 2. The Morgan fingerprint density at radius 1 is 1.14 bits per heavy atom. The van der Waals surface area contributed by atoms with Crippen LogP contribution >= 0.6 is 0 Å². The van der Waals surface area contributed by atoms with E-state index in [0.29, 0.717) is 17.9 Å². The SMILES string of the molecule is CCN1CCC(N(C)c2cc(C(C)C)nc(C(C)C)n2)CC1. The number of hydrogen-bond acceptors (Lipinski definition) is 4. The van der Waals surface area contributed by atoms with Gasteiger partial charge in [0.25, 0.3) is 0 Å². The van der Waals surface area contributed by atoms with E-state index in [2.05, 4.69) is 57.5 Å². The van der Waals surface area contributed by atoms with Crippen LogP contribution in [0.3, 0.4) is 0 Å². The average Bonchev–Trinajstić information content (AvgIpc) is 2.53. The molecule has 2 heterocycles. The summed E-state index contributed by atoms with van der Waals surface area (Å²) in [6.07, 6.45) is 2.45. The third-order valence-electron chi connectivity index (χ3n) is 4.77. The lowest BCUT2D eigenvalue weighted by Crippen LogP contribution is -2.43. The minimum Gasteiger partial charge on any atom is -0.356 e. The van der Waals surface area contributed by atoms with Crippen molar-refractivity contribution in [3.63, 3.8) is 0 Å². The Balaban J connectivity index is 2.19. The van der Waals surface area contributed by atoms with Gasteiger partial charge in [0.15, 0.2) is 0 Å². The zero-order valence-corrected chi connectivity index (χ0v) is 15.1. The molecule has 1 saturated heterocycles. The van der Waals surface area contributed by atoms with Crippen molar-refractivity contribution in [2.75, 3.05) is 31.6 Å². The second-order valence-corrected chi connectivity index (χ2v) is 7.09. The maximum Gasteiger partial charge on any atom is 0.133 e. The summed E-state index contributed by atoms with van der Waals surface area (Å²) < 4.78 is 0. The predicted molar refractivity (Wildman–Crippen MR) is 93.7 cm³/mol. The third kappa shape index (κ3) is 3.97. The first kappa shape index (κ1) is 17.2. The fourth-order valence-electron chi connectivity index (χ4n) is 3.02. The molecule has 4 heteroatoms. The van der Waals surface area contributed by atoms with Crippen LogP contribution in [-0.4, -0.2) is 47.6 Å². The minimum atomic E-state index is 0.368. The Kier molecular flexibility index (Phi) is 5.79. The number of nitrogens with zero attached hydrogens (tertiary/aromatic N) is 4. The van der Waals surface area contributed by atoms with Crippen LogP contribution in [-0.2, 0) is 0 Å². The van der Waals surface area contributed by atoms with Gasteiger partial charge in [-0.1, -0.05) is 34.6 Å². The molecule has 0 aromatic carbocycles. The van der Waals surface area contributed by atoms with Crippen molar-refractivity contribution in [1.82, 2.24) is 14.9 Å². The van der Waals surface area contributed by atoms with Crippen LogP contribution in [0.15, 0.2) is 6.07 Å². The lowest BCUT2D eigenvalue weighted by Gasteiger charge is -2.37. The van der Waals surface area contributed by atoms with Crippen LogP contribution < -0.4 is 4.90 Å². The Hall–Kier alpha value is -1.16. The number of piperidine rings is 1. The van der Waals surface area contributed by atoms with E-state index >= 15 is 0 Å². The van der Waals surface area contributed by atoms with E-state index in [1.54, 1.807) is 0 Å². The van der Waals surface area contributed by atoms with E-state index in [1.165, 1.54) is 32.5 Å². The molecule has 0 radical (unpaired) electrons. The van der Waals surface area contributed by atoms with E-state index in [4.69, 9.17) is 9.97 Å². The van der Waals surface area contributed by atoms with Crippen LogP contribution in [0.25, 0.3) is 0 Å². The molecule has 1 fully saturated rings. The highest BCUT2D eigenvalue weighted by Crippen LogP contribution is 2.25. The van der Waals surface area contributed by atoms with Gasteiger partial charge in [0.2, 0.25) is 0 Å². The maximum absolute atomic E-state index is 4.83. The smallest absolute Gasteiger partial charge is 0.133 e. The van der Waals surface area contributed by atoms with Gasteiger partial charge in [-0.15, -0.1) is 0 Å². The van der Waals surface area contributed by atoms with Gasteiger partial charge >= 0.3 is 0 Å². The fourth-order valence-corrected chi connectivity index (χ4v) is 3.02. The van der Waals surface area contributed by atoms with Gasteiger partial charge in [-0.05, 0) is 25.3 Å². The van der Waals surface area contributed by atoms with Gasteiger partial charge in [-0.25, -0.2) is 9.97 Å². The van der Waals surface area contributed by atoms with Crippen molar-refractivity contribution in [1.29, 1.82) is 0 Å². The molecule has 0 N–H and O–H groups in total. The van der Waals surface area contributed by atoms with Gasteiger partial charge in [-0.2, -0.15) is 0 Å². The summed E-state index contributed by atoms with van der Waals surface area (Å²) in [7, 11) is 2.20. The summed E-state index contributed by atoms with van der Waals surface area (Å²) in [4.78, 5) is 14.5.